The van der Waals surface area contributed by atoms with Gasteiger partial charge < -0.3 is 10.3 Å². The van der Waals surface area contributed by atoms with E-state index in [0.29, 0.717) is 5.82 Å². The van der Waals surface area contributed by atoms with E-state index in [2.05, 4.69) is 32.3 Å². The predicted molar refractivity (Wildman–Crippen MR) is 79.2 cm³/mol. The Balaban J connectivity index is 2.19. The molecule has 2 aromatic heterocycles. The van der Waals surface area contributed by atoms with Crippen molar-refractivity contribution in [1.29, 1.82) is 0 Å². The molecule has 0 saturated carbocycles. The minimum absolute atomic E-state index is 0.636. The highest BCUT2D eigenvalue weighted by Crippen LogP contribution is 2.17. The van der Waals surface area contributed by atoms with Crippen LogP contribution < -0.4 is 16.2 Å². The van der Waals surface area contributed by atoms with Gasteiger partial charge in [0.2, 0.25) is 0 Å². The Hall–Kier alpha value is -2.15. The van der Waals surface area contributed by atoms with Crippen LogP contribution in [0.5, 0.6) is 0 Å². The summed E-state index contributed by atoms with van der Waals surface area (Å²) >= 11 is 0. The van der Waals surface area contributed by atoms with Gasteiger partial charge in [0.15, 0.2) is 0 Å². The van der Waals surface area contributed by atoms with Gasteiger partial charge in [-0.15, -0.1) is 0 Å². The van der Waals surface area contributed by atoms with Crippen molar-refractivity contribution in [3.05, 3.63) is 29.8 Å². The van der Waals surface area contributed by atoms with Crippen LogP contribution in [-0.2, 0) is 20.0 Å². The van der Waals surface area contributed by atoms with E-state index < -0.39 is 0 Å². The lowest BCUT2D eigenvalue weighted by Crippen LogP contribution is -2.20. The second-order valence-electron chi connectivity index (χ2n) is 4.80. The van der Waals surface area contributed by atoms with Crippen molar-refractivity contribution in [2.75, 3.05) is 17.4 Å². The molecule has 0 bridgehead atoms. The fraction of sp³-hybridized carbons (Fsp3) is 0.462. The second kappa shape index (κ2) is 6.33. The van der Waals surface area contributed by atoms with E-state index in [1.54, 1.807) is 4.68 Å². The van der Waals surface area contributed by atoms with Crippen LogP contribution in [0.2, 0.25) is 0 Å². The average molecular weight is 275 g/mol. The number of hydrogen-bond donors (Lipinski definition) is 2. The van der Waals surface area contributed by atoms with Crippen LogP contribution in [0.4, 0.5) is 11.6 Å². The molecule has 2 rings (SSSR count). The number of hydrazine groups is 1. The third kappa shape index (κ3) is 3.45. The molecule has 0 spiro atoms. The number of anilines is 2. The smallest absolute Gasteiger partial charge is 0.145 e. The first-order chi connectivity index (χ1) is 9.62. The molecule has 0 aliphatic rings. The molecule has 3 N–H and O–H groups in total. The van der Waals surface area contributed by atoms with Gasteiger partial charge in [-0.3, -0.25) is 4.68 Å². The summed E-state index contributed by atoms with van der Waals surface area (Å²) in [6.45, 7) is 2.84. The van der Waals surface area contributed by atoms with Crippen LogP contribution in [0.3, 0.4) is 0 Å². The Labute approximate surface area is 118 Å². The molecule has 0 aliphatic carbocycles. The van der Waals surface area contributed by atoms with E-state index in [4.69, 9.17) is 5.84 Å². The number of aromatic nitrogens is 4. The van der Waals surface area contributed by atoms with Crippen LogP contribution in [0, 0.1) is 0 Å². The Bertz CT molecular complexity index is 564. The number of aryl methyl sites for hydroxylation is 2. The highest BCUT2D eigenvalue weighted by Gasteiger charge is 2.09. The van der Waals surface area contributed by atoms with Gasteiger partial charge in [-0.05, 0) is 6.42 Å². The molecule has 0 unspecified atom stereocenters. The van der Waals surface area contributed by atoms with Gasteiger partial charge >= 0.3 is 0 Å². The number of hydrogen-bond acceptors (Lipinski definition) is 6. The molecule has 7 nitrogen and oxygen atoms in total. The molecule has 0 aromatic carbocycles. The first kappa shape index (κ1) is 14.3. The molecule has 0 atom stereocenters. The summed E-state index contributed by atoms with van der Waals surface area (Å²) in [7, 11) is 3.90. The maximum Gasteiger partial charge on any atom is 0.145 e. The zero-order valence-corrected chi connectivity index (χ0v) is 12.2. The van der Waals surface area contributed by atoms with Crippen LogP contribution in [-0.4, -0.2) is 26.8 Å². The Morgan fingerprint density at radius 2 is 2.20 bits per heavy atom. The third-order valence-electron chi connectivity index (χ3n) is 2.95. The highest BCUT2D eigenvalue weighted by molar-refractivity contribution is 5.48. The van der Waals surface area contributed by atoms with E-state index in [1.807, 2.05) is 32.6 Å². The monoisotopic (exact) mass is 275 g/mol. The molecule has 0 fully saturated rings. The largest absolute Gasteiger partial charge is 0.355 e. The molecule has 0 aliphatic heterocycles. The number of nitrogens with one attached hydrogen (secondary N) is 1. The van der Waals surface area contributed by atoms with E-state index in [0.717, 1.165) is 36.6 Å². The highest BCUT2D eigenvalue weighted by atomic mass is 15.3. The summed E-state index contributed by atoms with van der Waals surface area (Å²) in [5, 5.41) is 4.17. The topological polar surface area (TPSA) is 84.9 Å². The lowest BCUT2D eigenvalue weighted by molar-refractivity contribution is 0.766. The van der Waals surface area contributed by atoms with Crippen molar-refractivity contribution >= 4 is 11.6 Å². The van der Waals surface area contributed by atoms with Crippen LogP contribution in [0.1, 0.15) is 24.7 Å². The molecule has 7 heteroatoms. The van der Waals surface area contributed by atoms with Gasteiger partial charge in [0.25, 0.3) is 0 Å². The second-order valence-corrected chi connectivity index (χ2v) is 4.80. The van der Waals surface area contributed by atoms with Crippen LogP contribution in [0.15, 0.2) is 18.5 Å². The van der Waals surface area contributed by atoms with Gasteiger partial charge in [0.05, 0.1) is 6.20 Å². The van der Waals surface area contributed by atoms with E-state index in [9.17, 15) is 0 Å². The minimum atomic E-state index is 0.636. The third-order valence-corrected chi connectivity index (χ3v) is 2.95. The Morgan fingerprint density at radius 1 is 1.40 bits per heavy atom. The number of nitrogen functional groups attached to an aromatic ring is 1. The normalized spacial score (nSPS) is 10.6. The maximum atomic E-state index is 5.47. The lowest BCUT2D eigenvalue weighted by Gasteiger charge is -2.18. The standard InChI is InChI=1S/C13H21N7/c1-4-5-11-16-12(18-14)6-13(17-11)19(2)8-10-7-15-20(3)9-10/h6-7,9H,4-5,8,14H2,1-3H3,(H,16,17,18). The summed E-state index contributed by atoms with van der Waals surface area (Å²) in [6.07, 6.45) is 5.68. The summed E-state index contributed by atoms with van der Waals surface area (Å²) in [6, 6.07) is 1.84. The van der Waals surface area contributed by atoms with E-state index in [-0.39, 0.29) is 0 Å². The molecule has 0 amide bonds. The quantitative estimate of drug-likeness (QED) is 0.606. The van der Waals surface area contributed by atoms with E-state index >= 15 is 0 Å². The fourth-order valence-electron chi connectivity index (χ4n) is 2.00. The summed E-state index contributed by atoms with van der Waals surface area (Å²) in [5.74, 6) is 7.75. The molecular formula is C13H21N7. The average Bonchev–Trinajstić information content (AvgIpc) is 2.84. The maximum absolute atomic E-state index is 5.47. The van der Waals surface area contributed by atoms with Crippen molar-refractivity contribution in [3.8, 4) is 0 Å². The Kier molecular flexibility index (Phi) is 4.52. The van der Waals surface area contributed by atoms with E-state index in [1.165, 1.54) is 0 Å². The predicted octanol–water partition coefficient (Wildman–Crippen LogP) is 1.08. The SMILES string of the molecule is CCCc1nc(NN)cc(N(C)Cc2cnn(C)c2)n1. The molecule has 108 valence electrons. The molecule has 2 heterocycles. The zero-order chi connectivity index (χ0) is 14.5. The van der Waals surface area contributed by atoms with Gasteiger partial charge in [-0.25, -0.2) is 15.8 Å². The van der Waals surface area contributed by atoms with Crippen molar-refractivity contribution in [3.63, 3.8) is 0 Å². The first-order valence-corrected chi connectivity index (χ1v) is 6.65. The summed E-state index contributed by atoms with van der Waals surface area (Å²) in [5.41, 5.74) is 3.73. The fourth-order valence-corrected chi connectivity index (χ4v) is 2.00. The summed E-state index contributed by atoms with van der Waals surface area (Å²) in [4.78, 5) is 11.0. The van der Waals surface area contributed by atoms with Gasteiger partial charge in [-0.1, -0.05) is 6.92 Å². The van der Waals surface area contributed by atoms with Gasteiger partial charge in [0.1, 0.15) is 17.5 Å². The molecule has 2 aromatic rings. The van der Waals surface area contributed by atoms with Gasteiger partial charge in [-0.2, -0.15) is 5.10 Å². The number of nitrogens with two attached hydrogens (primary N) is 1. The summed E-state index contributed by atoms with van der Waals surface area (Å²) < 4.78 is 1.79. The molecule has 0 radical (unpaired) electrons. The van der Waals surface area contributed by atoms with Crippen molar-refractivity contribution in [1.82, 2.24) is 19.7 Å². The number of nitrogens with zero attached hydrogens (tertiary/aromatic N) is 5. The minimum Gasteiger partial charge on any atom is -0.355 e. The van der Waals surface area contributed by atoms with Crippen LogP contribution in [0.25, 0.3) is 0 Å². The molecular weight excluding hydrogens is 254 g/mol. The van der Waals surface area contributed by atoms with Crippen molar-refractivity contribution in [2.24, 2.45) is 12.9 Å². The lowest BCUT2D eigenvalue weighted by atomic mass is 10.3. The molecule has 0 saturated heterocycles. The molecule has 20 heavy (non-hydrogen) atoms. The van der Waals surface area contributed by atoms with Crippen LogP contribution >= 0.6 is 0 Å². The first-order valence-electron chi connectivity index (χ1n) is 6.65. The van der Waals surface area contributed by atoms with Crippen molar-refractivity contribution < 1.29 is 0 Å². The van der Waals surface area contributed by atoms with Crippen molar-refractivity contribution in [2.45, 2.75) is 26.3 Å². The zero-order valence-electron chi connectivity index (χ0n) is 12.2. The number of rotatable bonds is 6. The van der Waals surface area contributed by atoms with Gasteiger partial charge in [0, 0.05) is 44.9 Å². The Morgan fingerprint density at radius 3 is 2.80 bits per heavy atom.